The number of hydrogen-bond donors (Lipinski definition) is 2. The van der Waals surface area contributed by atoms with E-state index in [1.807, 2.05) is 35.5 Å². The number of ether oxygens (including phenoxy) is 1. The van der Waals surface area contributed by atoms with Crippen LogP contribution in [0.25, 0.3) is 5.69 Å². The summed E-state index contributed by atoms with van der Waals surface area (Å²) in [5, 5.41) is 19.4. The molecular weight excluding hydrogens is 519 g/mol. The Labute approximate surface area is 205 Å². The van der Waals surface area contributed by atoms with E-state index in [2.05, 4.69) is 50.2 Å². The first-order valence-electron chi connectivity index (χ1n) is 10.8. The molecule has 1 fully saturated rings. The highest BCUT2D eigenvalue weighted by atomic mass is 127. The smallest absolute Gasteiger partial charge is 0.191 e. The summed E-state index contributed by atoms with van der Waals surface area (Å²) >= 11 is 0. The maximum absolute atomic E-state index is 5.73. The quantitative estimate of drug-likeness (QED) is 0.254. The molecule has 1 aliphatic heterocycles. The van der Waals surface area contributed by atoms with Crippen molar-refractivity contribution < 1.29 is 4.74 Å². The highest BCUT2D eigenvalue weighted by molar-refractivity contribution is 14.0. The second-order valence-electron chi connectivity index (χ2n) is 7.70. The van der Waals surface area contributed by atoms with Crippen LogP contribution in [0.1, 0.15) is 30.1 Å². The molecule has 3 heterocycles. The molecule has 10 heteroatoms. The van der Waals surface area contributed by atoms with Crippen molar-refractivity contribution in [2.75, 3.05) is 19.7 Å². The Morgan fingerprint density at radius 2 is 2.06 bits per heavy atom. The van der Waals surface area contributed by atoms with E-state index in [9.17, 15) is 0 Å². The van der Waals surface area contributed by atoms with Crippen LogP contribution < -0.4 is 10.6 Å². The fourth-order valence-electron chi connectivity index (χ4n) is 3.49. The van der Waals surface area contributed by atoms with E-state index in [1.165, 1.54) is 5.56 Å². The lowest BCUT2D eigenvalue weighted by molar-refractivity contribution is 0.114. The van der Waals surface area contributed by atoms with Crippen molar-refractivity contribution in [1.82, 2.24) is 35.2 Å². The number of rotatable bonds is 8. The topological polar surface area (TPSA) is 94.2 Å². The molecule has 0 radical (unpaired) electrons. The van der Waals surface area contributed by atoms with E-state index < -0.39 is 0 Å². The Morgan fingerprint density at radius 3 is 2.72 bits per heavy atom. The van der Waals surface area contributed by atoms with Gasteiger partial charge in [-0.15, -0.1) is 34.2 Å². The average molecular weight is 550 g/mol. The highest BCUT2D eigenvalue weighted by Crippen LogP contribution is 2.11. The highest BCUT2D eigenvalue weighted by Gasteiger charge is 2.15. The van der Waals surface area contributed by atoms with E-state index in [1.54, 1.807) is 6.20 Å². The predicted octanol–water partition coefficient (Wildman–Crippen LogP) is 2.38. The zero-order chi connectivity index (χ0) is 21.5. The van der Waals surface area contributed by atoms with Crippen LogP contribution in [0.3, 0.4) is 0 Å². The first-order chi connectivity index (χ1) is 15.2. The normalized spacial score (nSPS) is 16.1. The first-order valence-corrected chi connectivity index (χ1v) is 10.8. The Balaban J connectivity index is 0.00000289. The van der Waals surface area contributed by atoms with Gasteiger partial charge in [-0.05, 0) is 49.9 Å². The summed E-state index contributed by atoms with van der Waals surface area (Å²) in [6, 6.07) is 10.4. The Morgan fingerprint density at radius 1 is 1.22 bits per heavy atom. The van der Waals surface area contributed by atoms with Crippen LogP contribution in [0.2, 0.25) is 0 Å². The van der Waals surface area contributed by atoms with Crippen LogP contribution in [0.15, 0.2) is 47.7 Å². The standard InChI is InChI=1S/C22H30N8O.HI/c1-17-27-28-21(29(17)2)16-25-22(24-15-20-5-3-14-31-20)23-12-10-18-6-8-19(9-7-18)30-13-4-11-26-30;/h4,6-9,11,13,20H,3,5,10,12,14-16H2,1-2H3,(H2,23,24,25);1H. The predicted molar refractivity (Wildman–Crippen MR) is 135 cm³/mol. The molecule has 9 nitrogen and oxygen atoms in total. The van der Waals surface area contributed by atoms with Gasteiger partial charge in [-0.2, -0.15) is 5.10 Å². The van der Waals surface area contributed by atoms with Gasteiger partial charge < -0.3 is 19.9 Å². The molecule has 1 saturated heterocycles. The van der Waals surface area contributed by atoms with E-state index in [0.717, 1.165) is 62.3 Å². The zero-order valence-electron chi connectivity index (χ0n) is 18.6. The molecule has 2 N–H and O–H groups in total. The Hall–Kier alpha value is -2.47. The molecular formula is C22H31IN8O. The SMILES string of the molecule is Cc1nnc(CN=C(NCCc2ccc(-n3cccn3)cc2)NCC2CCCO2)n1C.I. The van der Waals surface area contributed by atoms with Gasteiger partial charge in [0, 0.05) is 39.1 Å². The summed E-state index contributed by atoms with van der Waals surface area (Å²) in [5.74, 6) is 2.49. The number of aryl methyl sites for hydroxylation is 1. The van der Waals surface area contributed by atoms with Crippen molar-refractivity contribution in [2.45, 2.75) is 38.8 Å². The molecule has 1 aromatic carbocycles. The molecule has 0 spiro atoms. The van der Waals surface area contributed by atoms with Crippen molar-refractivity contribution in [1.29, 1.82) is 0 Å². The zero-order valence-corrected chi connectivity index (χ0v) is 20.9. The molecule has 0 saturated carbocycles. The van der Waals surface area contributed by atoms with Gasteiger partial charge in [0.25, 0.3) is 0 Å². The summed E-state index contributed by atoms with van der Waals surface area (Å²) in [7, 11) is 1.96. The van der Waals surface area contributed by atoms with E-state index >= 15 is 0 Å². The molecule has 0 aliphatic carbocycles. The molecule has 1 aliphatic rings. The number of benzene rings is 1. The Kier molecular flexibility index (Phi) is 9.03. The molecule has 0 amide bonds. The fraction of sp³-hybridized carbons (Fsp3) is 0.455. The van der Waals surface area contributed by atoms with Crippen LogP contribution in [-0.2, 0) is 24.8 Å². The summed E-state index contributed by atoms with van der Waals surface area (Å²) in [5.41, 5.74) is 2.31. The van der Waals surface area contributed by atoms with Crippen molar-refractivity contribution >= 4 is 29.9 Å². The number of nitrogens with zero attached hydrogens (tertiary/aromatic N) is 6. The van der Waals surface area contributed by atoms with Crippen LogP contribution in [0.5, 0.6) is 0 Å². The third-order valence-corrected chi connectivity index (χ3v) is 5.49. The number of aromatic nitrogens is 5. The van der Waals surface area contributed by atoms with Gasteiger partial charge in [0.2, 0.25) is 0 Å². The van der Waals surface area contributed by atoms with E-state index in [-0.39, 0.29) is 30.1 Å². The average Bonchev–Trinajstić information content (AvgIpc) is 3.55. The molecule has 4 rings (SSSR count). The Bertz CT molecular complexity index is 978. The van der Waals surface area contributed by atoms with E-state index in [0.29, 0.717) is 6.54 Å². The third-order valence-electron chi connectivity index (χ3n) is 5.49. The molecule has 32 heavy (non-hydrogen) atoms. The number of halogens is 1. The lowest BCUT2D eigenvalue weighted by Gasteiger charge is -2.16. The van der Waals surface area contributed by atoms with Crippen molar-refractivity contribution in [3.8, 4) is 5.69 Å². The molecule has 1 atom stereocenters. The van der Waals surface area contributed by atoms with Crippen molar-refractivity contribution in [3.05, 3.63) is 59.9 Å². The van der Waals surface area contributed by atoms with Crippen molar-refractivity contribution in [3.63, 3.8) is 0 Å². The molecule has 2 aromatic heterocycles. The minimum absolute atomic E-state index is 0. The second-order valence-corrected chi connectivity index (χ2v) is 7.70. The monoisotopic (exact) mass is 550 g/mol. The van der Waals surface area contributed by atoms with Crippen molar-refractivity contribution in [2.24, 2.45) is 12.0 Å². The van der Waals surface area contributed by atoms with Crippen LogP contribution in [-0.4, -0.2) is 56.3 Å². The number of aliphatic imine (C=N–C) groups is 1. The maximum Gasteiger partial charge on any atom is 0.191 e. The maximum atomic E-state index is 5.73. The lowest BCUT2D eigenvalue weighted by atomic mass is 10.1. The first kappa shape index (κ1) is 24.2. The molecule has 1 unspecified atom stereocenters. The number of hydrogen-bond acceptors (Lipinski definition) is 5. The summed E-state index contributed by atoms with van der Waals surface area (Å²) in [4.78, 5) is 4.71. The van der Waals surface area contributed by atoms with Gasteiger partial charge in [-0.25, -0.2) is 9.67 Å². The van der Waals surface area contributed by atoms with Crippen LogP contribution in [0.4, 0.5) is 0 Å². The van der Waals surface area contributed by atoms with Gasteiger partial charge in [-0.3, -0.25) is 0 Å². The molecule has 0 bridgehead atoms. The summed E-state index contributed by atoms with van der Waals surface area (Å²) in [6.07, 6.45) is 7.08. The summed E-state index contributed by atoms with van der Waals surface area (Å²) < 4.78 is 9.54. The van der Waals surface area contributed by atoms with E-state index in [4.69, 9.17) is 9.73 Å². The molecule has 172 valence electrons. The lowest BCUT2D eigenvalue weighted by Crippen LogP contribution is -2.42. The number of nitrogens with one attached hydrogen (secondary N) is 2. The van der Waals surface area contributed by atoms with Gasteiger partial charge in [-0.1, -0.05) is 12.1 Å². The number of guanidine groups is 1. The molecule has 3 aromatic rings. The van der Waals surface area contributed by atoms with Gasteiger partial charge in [0.1, 0.15) is 12.4 Å². The van der Waals surface area contributed by atoms with Gasteiger partial charge in [0.05, 0.1) is 11.8 Å². The summed E-state index contributed by atoms with van der Waals surface area (Å²) in [6.45, 7) is 4.78. The minimum Gasteiger partial charge on any atom is -0.376 e. The fourth-order valence-corrected chi connectivity index (χ4v) is 3.49. The third kappa shape index (κ3) is 6.52. The van der Waals surface area contributed by atoms with Gasteiger partial charge in [0.15, 0.2) is 11.8 Å². The largest absolute Gasteiger partial charge is 0.376 e. The van der Waals surface area contributed by atoms with Gasteiger partial charge >= 0.3 is 0 Å². The minimum atomic E-state index is 0. The second kappa shape index (κ2) is 12.0. The van der Waals surface area contributed by atoms with Crippen LogP contribution in [0, 0.1) is 6.92 Å². The van der Waals surface area contributed by atoms with Crippen LogP contribution >= 0.6 is 24.0 Å².